The van der Waals surface area contributed by atoms with Gasteiger partial charge in [-0.15, -0.1) is 0 Å². The smallest absolute Gasteiger partial charge is 0.269 e. The van der Waals surface area contributed by atoms with Crippen LogP contribution in [0.2, 0.25) is 0 Å². The van der Waals surface area contributed by atoms with Gasteiger partial charge in [-0.05, 0) is 68.3 Å². The molecule has 158 valence electrons. The fraction of sp³-hybridized carbons (Fsp3) is 0.217. The fourth-order valence-corrected chi connectivity index (χ4v) is 3.57. The minimum atomic E-state index is -0.311. The average molecular weight is 418 g/mol. The largest absolute Gasteiger partial charge is 0.350 e. The van der Waals surface area contributed by atoms with Crippen LogP contribution in [0.25, 0.3) is 17.1 Å². The van der Waals surface area contributed by atoms with E-state index < -0.39 is 0 Å². The first-order valence-corrected chi connectivity index (χ1v) is 9.98. The van der Waals surface area contributed by atoms with Gasteiger partial charge in [0.2, 0.25) is 0 Å². The second kappa shape index (κ2) is 8.51. The third-order valence-corrected chi connectivity index (χ3v) is 5.22. The molecule has 0 aliphatic carbocycles. The van der Waals surface area contributed by atoms with Crippen LogP contribution in [-0.2, 0) is 13.5 Å². The minimum absolute atomic E-state index is 0.212. The highest BCUT2D eigenvalue weighted by molar-refractivity contribution is 5.93. The van der Waals surface area contributed by atoms with Gasteiger partial charge in [0.1, 0.15) is 11.5 Å². The van der Waals surface area contributed by atoms with Gasteiger partial charge in [-0.1, -0.05) is 6.07 Å². The van der Waals surface area contributed by atoms with Crippen LogP contribution < -0.4 is 5.32 Å². The van der Waals surface area contributed by atoms with Gasteiger partial charge in [-0.25, -0.2) is 14.1 Å². The van der Waals surface area contributed by atoms with Crippen molar-refractivity contribution in [3.8, 4) is 17.1 Å². The van der Waals surface area contributed by atoms with Crippen molar-refractivity contribution in [1.82, 2.24) is 29.9 Å². The highest BCUT2D eigenvalue weighted by Gasteiger charge is 2.16. The molecule has 0 aliphatic rings. The highest BCUT2D eigenvalue weighted by Crippen LogP contribution is 2.20. The monoisotopic (exact) mass is 418 g/mol. The van der Waals surface area contributed by atoms with E-state index in [-0.39, 0.29) is 11.7 Å². The number of amides is 1. The van der Waals surface area contributed by atoms with Crippen molar-refractivity contribution >= 4 is 5.91 Å². The molecule has 1 aromatic carbocycles. The number of carbonyl (C=O) groups excluding carboxylic acids is 1. The van der Waals surface area contributed by atoms with Crippen molar-refractivity contribution in [3.05, 3.63) is 83.2 Å². The number of halogens is 1. The quantitative estimate of drug-likeness (QED) is 0.521. The molecule has 0 saturated carbocycles. The third kappa shape index (κ3) is 4.23. The molecule has 1 amide bonds. The van der Waals surface area contributed by atoms with Crippen LogP contribution in [0.4, 0.5) is 4.39 Å². The summed E-state index contributed by atoms with van der Waals surface area (Å²) in [6.07, 6.45) is 2.39. The Balaban J connectivity index is 1.43. The van der Waals surface area contributed by atoms with Crippen molar-refractivity contribution < 1.29 is 9.18 Å². The third-order valence-electron chi connectivity index (χ3n) is 5.22. The zero-order chi connectivity index (χ0) is 22.0. The minimum Gasteiger partial charge on any atom is -0.350 e. The lowest BCUT2D eigenvalue weighted by molar-refractivity contribution is 0.0944. The lowest BCUT2D eigenvalue weighted by Crippen LogP contribution is -2.27. The predicted molar refractivity (Wildman–Crippen MR) is 115 cm³/mol. The zero-order valence-electron chi connectivity index (χ0n) is 17.6. The molecule has 0 aliphatic heterocycles. The molecular formula is C23H23FN6O. The molecule has 0 unspecified atom stereocenters. The van der Waals surface area contributed by atoms with Crippen molar-refractivity contribution in [2.45, 2.75) is 20.3 Å². The van der Waals surface area contributed by atoms with E-state index in [9.17, 15) is 9.18 Å². The summed E-state index contributed by atoms with van der Waals surface area (Å²) >= 11 is 0. The second-order valence-corrected chi connectivity index (χ2v) is 7.30. The number of hydrogen-bond donors (Lipinski definition) is 1. The summed E-state index contributed by atoms with van der Waals surface area (Å²) in [4.78, 5) is 17.0. The Bertz CT molecular complexity index is 1210. The molecule has 1 N–H and O–H groups in total. The Morgan fingerprint density at radius 1 is 1.10 bits per heavy atom. The summed E-state index contributed by atoms with van der Waals surface area (Å²) in [6.45, 7) is 4.42. The van der Waals surface area contributed by atoms with Crippen LogP contribution in [0.15, 0.2) is 54.7 Å². The number of aryl methyl sites for hydroxylation is 2. The Morgan fingerprint density at radius 2 is 1.87 bits per heavy atom. The number of rotatable bonds is 6. The van der Waals surface area contributed by atoms with Crippen LogP contribution in [0.3, 0.4) is 0 Å². The van der Waals surface area contributed by atoms with Crippen molar-refractivity contribution in [1.29, 1.82) is 0 Å². The molecule has 0 saturated heterocycles. The number of benzene rings is 1. The van der Waals surface area contributed by atoms with E-state index in [1.807, 2.05) is 36.7 Å². The number of nitrogens with zero attached hydrogens (tertiary/aromatic N) is 5. The van der Waals surface area contributed by atoms with E-state index in [4.69, 9.17) is 0 Å². The molecule has 31 heavy (non-hydrogen) atoms. The highest BCUT2D eigenvalue weighted by atomic mass is 19.1. The molecule has 0 bridgehead atoms. The van der Waals surface area contributed by atoms with Crippen molar-refractivity contribution in [3.63, 3.8) is 0 Å². The normalized spacial score (nSPS) is 11.0. The molecule has 0 fully saturated rings. The van der Waals surface area contributed by atoms with Crippen LogP contribution in [0.5, 0.6) is 0 Å². The SMILES string of the molecule is Cc1nn(-c2ccccn2)c(C)c1CCNC(=O)c1cc(-c2ccc(F)cc2)nn1C. The summed E-state index contributed by atoms with van der Waals surface area (Å²) in [5, 5.41) is 11.9. The molecule has 3 aromatic heterocycles. The van der Waals surface area contributed by atoms with Gasteiger partial charge in [0.15, 0.2) is 5.82 Å². The molecule has 4 aromatic rings. The van der Waals surface area contributed by atoms with Gasteiger partial charge < -0.3 is 5.32 Å². The van der Waals surface area contributed by atoms with E-state index in [1.165, 1.54) is 16.8 Å². The summed E-state index contributed by atoms with van der Waals surface area (Å²) in [7, 11) is 1.72. The maximum Gasteiger partial charge on any atom is 0.269 e. The van der Waals surface area contributed by atoms with E-state index in [1.54, 1.807) is 31.4 Å². The Hall–Kier alpha value is -3.81. The second-order valence-electron chi connectivity index (χ2n) is 7.30. The topological polar surface area (TPSA) is 77.6 Å². The van der Waals surface area contributed by atoms with Crippen LogP contribution in [-0.4, -0.2) is 37.0 Å². The van der Waals surface area contributed by atoms with Crippen molar-refractivity contribution in [2.24, 2.45) is 7.05 Å². The zero-order valence-corrected chi connectivity index (χ0v) is 17.6. The first-order valence-electron chi connectivity index (χ1n) is 9.98. The number of aromatic nitrogens is 5. The number of carbonyl (C=O) groups is 1. The molecular weight excluding hydrogens is 395 g/mol. The van der Waals surface area contributed by atoms with Crippen molar-refractivity contribution in [2.75, 3.05) is 6.54 Å². The lowest BCUT2D eigenvalue weighted by Gasteiger charge is -2.06. The lowest BCUT2D eigenvalue weighted by atomic mass is 10.1. The van der Waals surface area contributed by atoms with Gasteiger partial charge in [0.05, 0.1) is 11.4 Å². The maximum atomic E-state index is 13.2. The van der Waals surface area contributed by atoms with E-state index >= 15 is 0 Å². The maximum absolute atomic E-state index is 13.2. The van der Waals surface area contributed by atoms with Gasteiger partial charge in [0, 0.05) is 31.0 Å². The number of pyridine rings is 1. The fourth-order valence-electron chi connectivity index (χ4n) is 3.57. The van der Waals surface area contributed by atoms with E-state index in [0.29, 0.717) is 24.4 Å². The van der Waals surface area contributed by atoms with E-state index in [2.05, 4.69) is 20.5 Å². The molecule has 8 heteroatoms. The summed E-state index contributed by atoms with van der Waals surface area (Å²) < 4.78 is 16.5. The average Bonchev–Trinajstić information content (AvgIpc) is 3.29. The number of nitrogens with one attached hydrogen (secondary N) is 1. The van der Waals surface area contributed by atoms with Gasteiger partial charge in [-0.3, -0.25) is 9.48 Å². The molecule has 0 radical (unpaired) electrons. The molecule has 7 nitrogen and oxygen atoms in total. The van der Waals surface area contributed by atoms with Crippen LogP contribution >= 0.6 is 0 Å². The van der Waals surface area contributed by atoms with Crippen LogP contribution in [0.1, 0.15) is 27.4 Å². The predicted octanol–water partition coefficient (Wildman–Crippen LogP) is 3.40. The first kappa shape index (κ1) is 20.5. The Morgan fingerprint density at radius 3 is 2.58 bits per heavy atom. The molecule has 0 atom stereocenters. The summed E-state index contributed by atoms with van der Waals surface area (Å²) in [5.41, 5.74) is 4.82. The molecule has 4 rings (SSSR count). The summed E-state index contributed by atoms with van der Waals surface area (Å²) in [5.74, 6) is 0.243. The molecule has 3 heterocycles. The van der Waals surface area contributed by atoms with Gasteiger partial charge in [-0.2, -0.15) is 10.2 Å². The number of hydrogen-bond acceptors (Lipinski definition) is 4. The summed E-state index contributed by atoms with van der Waals surface area (Å²) in [6, 6.07) is 13.4. The van der Waals surface area contributed by atoms with Crippen LogP contribution in [0, 0.1) is 19.7 Å². The standard InChI is InChI=1S/C23H23FN6O/c1-15-19(16(2)30(27-15)22-6-4-5-12-25-22)11-13-26-23(31)21-14-20(28-29(21)3)17-7-9-18(24)10-8-17/h4-10,12,14H,11,13H2,1-3H3,(H,26,31). The van der Waals surface area contributed by atoms with Gasteiger partial charge in [0.25, 0.3) is 5.91 Å². The first-order chi connectivity index (χ1) is 14.9. The molecule has 0 spiro atoms. The van der Waals surface area contributed by atoms with E-state index in [0.717, 1.165) is 28.3 Å². The Labute approximate surface area is 179 Å². The van der Waals surface area contributed by atoms with Gasteiger partial charge >= 0.3 is 0 Å². The Kier molecular flexibility index (Phi) is 5.62.